The lowest BCUT2D eigenvalue weighted by molar-refractivity contribution is -0.384. The number of hydrogen-bond acceptors (Lipinski definition) is 5. The average molecular weight is 313 g/mol. The largest absolute Gasteiger partial charge is 0.469 e. The number of benzene rings is 1. The monoisotopic (exact) mass is 312 g/mol. The summed E-state index contributed by atoms with van der Waals surface area (Å²) in [6.07, 6.45) is 1.42. The maximum absolute atomic E-state index is 11.5. The minimum Gasteiger partial charge on any atom is -0.469 e. The van der Waals surface area contributed by atoms with Gasteiger partial charge in [0.25, 0.3) is 5.69 Å². The Kier molecular flexibility index (Phi) is 4.67. The first-order valence-corrected chi connectivity index (χ1v) is 7.09. The standard InChI is InChI=1S/C14H17ClN2O4/c1-9-7-13(17(19)20)11(15)8-12(9)16-5-3-10(4-6-16)14(18)21-2/h7-8,10H,3-6H2,1-2H3. The fraction of sp³-hybridized carbons (Fsp3) is 0.500. The zero-order valence-electron chi connectivity index (χ0n) is 12.0. The lowest BCUT2D eigenvalue weighted by Crippen LogP contribution is -2.37. The van der Waals surface area contributed by atoms with Crippen molar-refractivity contribution < 1.29 is 14.5 Å². The van der Waals surface area contributed by atoms with Crippen molar-refractivity contribution in [2.24, 2.45) is 5.92 Å². The van der Waals surface area contributed by atoms with Crippen molar-refractivity contribution in [3.63, 3.8) is 0 Å². The molecule has 0 aromatic heterocycles. The molecule has 1 saturated heterocycles. The molecule has 0 bridgehead atoms. The topological polar surface area (TPSA) is 72.7 Å². The molecule has 1 fully saturated rings. The van der Waals surface area contributed by atoms with Crippen molar-refractivity contribution in [3.05, 3.63) is 32.8 Å². The number of nitro groups is 1. The van der Waals surface area contributed by atoms with Crippen LogP contribution >= 0.6 is 11.6 Å². The number of rotatable bonds is 3. The van der Waals surface area contributed by atoms with Crippen molar-refractivity contribution in [2.45, 2.75) is 19.8 Å². The van der Waals surface area contributed by atoms with Gasteiger partial charge in [-0.15, -0.1) is 0 Å². The molecule has 1 aromatic rings. The first-order valence-electron chi connectivity index (χ1n) is 6.71. The molecule has 0 aliphatic carbocycles. The lowest BCUT2D eigenvalue weighted by atomic mass is 9.96. The SMILES string of the molecule is COC(=O)C1CCN(c2cc(Cl)c([N+](=O)[O-])cc2C)CC1. The molecule has 0 unspecified atom stereocenters. The summed E-state index contributed by atoms with van der Waals surface area (Å²) < 4.78 is 4.76. The van der Waals surface area contributed by atoms with Crippen molar-refractivity contribution in [3.8, 4) is 0 Å². The number of hydrogen-bond donors (Lipinski definition) is 0. The van der Waals surface area contributed by atoms with Gasteiger partial charge < -0.3 is 9.64 Å². The van der Waals surface area contributed by atoms with Gasteiger partial charge in [0, 0.05) is 24.8 Å². The van der Waals surface area contributed by atoms with Gasteiger partial charge in [-0.2, -0.15) is 0 Å². The molecule has 0 saturated carbocycles. The van der Waals surface area contributed by atoms with Crippen molar-refractivity contribution in [1.82, 2.24) is 0 Å². The van der Waals surface area contributed by atoms with E-state index in [4.69, 9.17) is 16.3 Å². The minimum absolute atomic E-state index is 0.0694. The number of halogens is 1. The Morgan fingerprint density at radius 2 is 2.05 bits per heavy atom. The number of carbonyl (C=O) groups excluding carboxylic acids is 1. The van der Waals surface area contributed by atoms with Crippen LogP contribution in [-0.4, -0.2) is 31.1 Å². The molecule has 2 rings (SSSR count). The third-order valence-corrected chi connectivity index (χ3v) is 4.13. The quantitative estimate of drug-likeness (QED) is 0.487. The number of aryl methyl sites for hydroxylation is 1. The van der Waals surface area contributed by atoms with E-state index >= 15 is 0 Å². The van der Waals surface area contributed by atoms with Gasteiger partial charge in [0.1, 0.15) is 5.02 Å². The van der Waals surface area contributed by atoms with Gasteiger partial charge in [-0.25, -0.2) is 0 Å². The third-order valence-electron chi connectivity index (χ3n) is 3.83. The van der Waals surface area contributed by atoms with Gasteiger partial charge in [-0.05, 0) is 31.4 Å². The van der Waals surface area contributed by atoms with Crippen LogP contribution in [0.25, 0.3) is 0 Å². The highest BCUT2D eigenvalue weighted by atomic mass is 35.5. The van der Waals surface area contributed by atoms with Crippen LogP contribution in [0.2, 0.25) is 5.02 Å². The van der Waals surface area contributed by atoms with E-state index in [1.54, 1.807) is 6.07 Å². The van der Waals surface area contributed by atoms with Gasteiger partial charge in [0.2, 0.25) is 0 Å². The summed E-state index contributed by atoms with van der Waals surface area (Å²) in [7, 11) is 1.40. The van der Waals surface area contributed by atoms with Crippen LogP contribution in [0.1, 0.15) is 18.4 Å². The molecule has 1 aliphatic rings. The molecule has 0 spiro atoms. The number of ether oxygens (including phenoxy) is 1. The second-order valence-electron chi connectivity index (χ2n) is 5.13. The van der Waals surface area contributed by atoms with Crippen molar-refractivity contribution >= 4 is 28.9 Å². The van der Waals surface area contributed by atoms with E-state index in [1.807, 2.05) is 6.92 Å². The van der Waals surface area contributed by atoms with E-state index in [-0.39, 0.29) is 22.6 Å². The Morgan fingerprint density at radius 1 is 1.43 bits per heavy atom. The number of methoxy groups -OCH3 is 1. The predicted octanol–water partition coefficient (Wildman–Crippen LogP) is 2.95. The average Bonchev–Trinajstić information content (AvgIpc) is 2.48. The minimum atomic E-state index is -0.484. The van der Waals surface area contributed by atoms with Crippen LogP contribution in [-0.2, 0) is 9.53 Å². The Labute approximate surface area is 127 Å². The smallest absolute Gasteiger partial charge is 0.308 e. The fourth-order valence-electron chi connectivity index (χ4n) is 2.66. The maximum Gasteiger partial charge on any atom is 0.308 e. The highest BCUT2D eigenvalue weighted by Gasteiger charge is 2.27. The molecule has 1 aromatic carbocycles. The Bertz CT molecular complexity index is 568. The molecule has 6 nitrogen and oxygen atoms in total. The Morgan fingerprint density at radius 3 is 2.57 bits per heavy atom. The number of esters is 1. The summed E-state index contributed by atoms with van der Waals surface area (Å²) in [6.45, 7) is 3.23. The predicted molar refractivity (Wildman–Crippen MR) is 79.8 cm³/mol. The van der Waals surface area contributed by atoms with Crippen LogP contribution in [0, 0.1) is 23.0 Å². The summed E-state index contributed by atoms with van der Waals surface area (Å²) in [5.41, 5.74) is 1.61. The van der Waals surface area contributed by atoms with Crippen molar-refractivity contribution in [2.75, 3.05) is 25.1 Å². The van der Waals surface area contributed by atoms with Crippen LogP contribution in [0.5, 0.6) is 0 Å². The Hall–Kier alpha value is -1.82. The number of anilines is 1. The maximum atomic E-state index is 11.5. The summed E-state index contributed by atoms with van der Waals surface area (Å²) in [6, 6.07) is 3.12. The van der Waals surface area contributed by atoms with Crippen LogP contribution < -0.4 is 4.90 Å². The molecular formula is C14H17ClN2O4. The normalized spacial score (nSPS) is 15.9. The van der Waals surface area contributed by atoms with E-state index in [2.05, 4.69) is 4.90 Å². The van der Waals surface area contributed by atoms with Gasteiger partial charge in [0.05, 0.1) is 18.0 Å². The molecule has 0 amide bonds. The van der Waals surface area contributed by atoms with Gasteiger partial charge in [0.15, 0.2) is 0 Å². The molecule has 1 heterocycles. The van der Waals surface area contributed by atoms with E-state index < -0.39 is 4.92 Å². The lowest BCUT2D eigenvalue weighted by Gasteiger charge is -2.33. The molecular weight excluding hydrogens is 296 g/mol. The molecule has 114 valence electrons. The first-order chi connectivity index (χ1) is 9.93. The third kappa shape index (κ3) is 3.26. The summed E-state index contributed by atoms with van der Waals surface area (Å²) in [5, 5.41) is 11.0. The summed E-state index contributed by atoms with van der Waals surface area (Å²) in [5.74, 6) is -0.242. The van der Waals surface area contributed by atoms with Crippen LogP contribution in [0.3, 0.4) is 0 Å². The highest BCUT2D eigenvalue weighted by molar-refractivity contribution is 6.33. The number of piperidine rings is 1. The zero-order valence-corrected chi connectivity index (χ0v) is 12.7. The highest BCUT2D eigenvalue weighted by Crippen LogP contribution is 2.34. The number of nitrogens with zero attached hydrogens (tertiary/aromatic N) is 2. The van der Waals surface area contributed by atoms with E-state index in [1.165, 1.54) is 13.2 Å². The van der Waals surface area contributed by atoms with Gasteiger partial charge >= 0.3 is 5.97 Å². The molecule has 21 heavy (non-hydrogen) atoms. The van der Waals surface area contributed by atoms with E-state index in [0.717, 1.165) is 11.3 Å². The second-order valence-corrected chi connectivity index (χ2v) is 5.54. The van der Waals surface area contributed by atoms with Gasteiger partial charge in [-0.1, -0.05) is 11.6 Å². The number of carbonyl (C=O) groups is 1. The summed E-state index contributed by atoms with van der Waals surface area (Å²) >= 11 is 5.97. The first kappa shape index (κ1) is 15.6. The van der Waals surface area contributed by atoms with Crippen molar-refractivity contribution in [1.29, 1.82) is 0 Å². The molecule has 0 atom stereocenters. The Balaban J connectivity index is 2.16. The van der Waals surface area contributed by atoms with Gasteiger partial charge in [-0.3, -0.25) is 14.9 Å². The fourth-order valence-corrected chi connectivity index (χ4v) is 2.89. The van der Waals surface area contributed by atoms with Crippen LogP contribution in [0.15, 0.2) is 12.1 Å². The molecule has 7 heteroatoms. The second kappa shape index (κ2) is 6.30. The summed E-state index contributed by atoms with van der Waals surface area (Å²) in [4.78, 5) is 24.0. The van der Waals surface area contributed by atoms with E-state index in [0.29, 0.717) is 25.9 Å². The van der Waals surface area contributed by atoms with E-state index in [9.17, 15) is 14.9 Å². The zero-order chi connectivity index (χ0) is 15.6. The molecule has 1 aliphatic heterocycles. The molecule has 0 N–H and O–H groups in total. The number of nitro benzene ring substituents is 1. The van der Waals surface area contributed by atoms with Crippen LogP contribution in [0.4, 0.5) is 11.4 Å². The molecule has 0 radical (unpaired) electrons.